The average Bonchev–Trinajstić information content (AvgIpc) is 2.97. The number of nitrogens with zero attached hydrogens (tertiary/aromatic N) is 1. The van der Waals surface area contributed by atoms with Gasteiger partial charge < -0.3 is 14.7 Å². The van der Waals surface area contributed by atoms with Gasteiger partial charge in [0.2, 0.25) is 0 Å². The van der Waals surface area contributed by atoms with Crippen LogP contribution in [0.25, 0.3) is 0 Å². The molecule has 1 amide bonds. The van der Waals surface area contributed by atoms with Crippen molar-refractivity contribution in [2.75, 3.05) is 11.5 Å². The minimum atomic E-state index is -2.03. The molecule has 0 spiro atoms. The van der Waals surface area contributed by atoms with Crippen molar-refractivity contribution >= 4 is 40.6 Å². The van der Waals surface area contributed by atoms with E-state index in [-0.39, 0.29) is 12.3 Å². The number of benzene rings is 3. The third kappa shape index (κ3) is 4.11. The van der Waals surface area contributed by atoms with Gasteiger partial charge in [0, 0.05) is 21.2 Å². The number of rotatable bonds is 7. The van der Waals surface area contributed by atoms with E-state index in [0.717, 1.165) is 5.56 Å². The Morgan fingerprint density at radius 2 is 1.78 bits per heavy atom. The van der Waals surface area contributed by atoms with Crippen LogP contribution in [0.5, 0.6) is 5.75 Å². The Kier molecular flexibility index (Phi) is 6.24. The maximum Gasteiger partial charge on any atom is 0.264 e. The Bertz CT molecular complexity index is 1180. The molecule has 1 heterocycles. The zero-order valence-corrected chi connectivity index (χ0v) is 18.9. The van der Waals surface area contributed by atoms with Crippen molar-refractivity contribution in [3.05, 3.63) is 93.5 Å². The van der Waals surface area contributed by atoms with Gasteiger partial charge in [-0.25, -0.2) is 0 Å². The number of aliphatic hydroxyl groups is 1. The number of halogens is 2. The standard InChI is InChI=1S/C25H21Cl2NO4/c1-2-32-19-10-7-16(8-11-19)23(29)14-25(31)20-13-18(26)9-12-22(20)28(24(25)30)15-17-5-3-4-6-21(17)27/h3-13,31H,2,14-15H2,1H3/t25-/m1/s1. The predicted molar refractivity (Wildman–Crippen MR) is 125 cm³/mol. The molecule has 4 rings (SSSR count). The monoisotopic (exact) mass is 469 g/mol. The van der Waals surface area contributed by atoms with Gasteiger partial charge in [0.15, 0.2) is 11.4 Å². The van der Waals surface area contributed by atoms with E-state index in [1.54, 1.807) is 48.5 Å². The summed E-state index contributed by atoms with van der Waals surface area (Å²) in [5, 5.41) is 12.4. The van der Waals surface area contributed by atoms with E-state index in [2.05, 4.69) is 0 Å². The summed E-state index contributed by atoms with van der Waals surface area (Å²) >= 11 is 12.5. The van der Waals surface area contributed by atoms with Gasteiger partial charge in [-0.15, -0.1) is 0 Å². The molecule has 0 unspecified atom stereocenters. The second-order valence-corrected chi connectivity index (χ2v) is 8.41. The van der Waals surface area contributed by atoms with E-state index in [9.17, 15) is 14.7 Å². The fourth-order valence-corrected chi connectivity index (χ4v) is 4.25. The van der Waals surface area contributed by atoms with Gasteiger partial charge in [0.25, 0.3) is 5.91 Å². The molecule has 0 aromatic heterocycles. The highest BCUT2D eigenvalue weighted by Gasteiger charge is 2.51. The van der Waals surface area contributed by atoms with Crippen LogP contribution in [-0.2, 0) is 16.9 Å². The number of Topliss-reactive ketones (excluding diaryl/α,β-unsaturated/α-hetero) is 1. The first kappa shape index (κ1) is 22.3. The van der Waals surface area contributed by atoms with Crippen molar-refractivity contribution in [1.82, 2.24) is 0 Å². The van der Waals surface area contributed by atoms with Crippen molar-refractivity contribution in [2.24, 2.45) is 0 Å². The largest absolute Gasteiger partial charge is 0.494 e. The second-order valence-electron chi connectivity index (χ2n) is 7.56. The highest BCUT2D eigenvalue weighted by Crippen LogP contribution is 2.45. The van der Waals surface area contributed by atoms with E-state index in [1.165, 1.54) is 11.0 Å². The lowest BCUT2D eigenvalue weighted by Crippen LogP contribution is -2.41. The van der Waals surface area contributed by atoms with E-state index in [1.807, 2.05) is 19.1 Å². The Hall–Kier alpha value is -2.86. The van der Waals surface area contributed by atoms with Gasteiger partial charge in [0.1, 0.15) is 5.75 Å². The van der Waals surface area contributed by atoms with Crippen molar-refractivity contribution in [1.29, 1.82) is 0 Å². The summed E-state index contributed by atoms with van der Waals surface area (Å²) in [6, 6.07) is 18.6. The number of hydrogen-bond acceptors (Lipinski definition) is 4. The number of anilines is 1. The summed E-state index contributed by atoms with van der Waals surface area (Å²) < 4.78 is 5.40. The third-order valence-corrected chi connectivity index (χ3v) is 6.09. The minimum absolute atomic E-state index is 0.159. The van der Waals surface area contributed by atoms with Gasteiger partial charge in [-0.3, -0.25) is 9.59 Å². The maximum absolute atomic E-state index is 13.4. The minimum Gasteiger partial charge on any atom is -0.494 e. The number of amides is 1. The lowest BCUT2D eigenvalue weighted by molar-refractivity contribution is -0.136. The summed E-state index contributed by atoms with van der Waals surface area (Å²) in [6.07, 6.45) is -0.411. The van der Waals surface area contributed by atoms with E-state index < -0.39 is 17.9 Å². The van der Waals surface area contributed by atoms with Crippen molar-refractivity contribution in [2.45, 2.75) is 25.5 Å². The molecule has 1 N–H and O–H groups in total. The quantitative estimate of drug-likeness (QED) is 0.470. The van der Waals surface area contributed by atoms with Crippen LogP contribution in [-0.4, -0.2) is 23.4 Å². The smallest absolute Gasteiger partial charge is 0.264 e. The molecule has 1 atom stereocenters. The van der Waals surface area contributed by atoms with Crippen LogP contribution in [0, 0.1) is 0 Å². The highest BCUT2D eigenvalue weighted by molar-refractivity contribution is 6.31. The van der Waals surface area contributed by atoms with Gasteiger partial charge >= 0.3 is 0 Å². The van der Waals surface area contributed by atoms with Crippen LogP contribution in [0.2, 0.25) is 10.0 Å². The lowest BCUT2D eigenvalue weighted by atomic mass is 9.88. The summed E-state index contributed by atoms with van der Waals surface area (Å²) in [5.41, 5.74) is -0.118. The summed E-state index contributed by atoms with van der Waals surface area (Å²) in [6.45, 7) is 2.55. The summed E-state index contributed by atoms with van der Waals surface area (Å²) in [7, 11) is 0. The number of ether oxygens (including phenoxy) is 1. The average molecular weight is 470 g/mol. The molecule has 0 aliphatic carbocycles. The van der Waals surface area contributed by atoms with Crippen molar-refractivity contribution in [3.8, 4) is 5.75 Å². The zero-order chi connectivity index (χ0) is 22.9. The molecule has 32 heavy (non-hydrogen) atoms. The topological polar surface area (TPSA) is 66.8 Å². The molecule has 7 heteroatoms. The van der Waals surface area contributed by atoms with Gasteiger partial charge in [0.05, 0.1) is 25.3 Å². The van der Waals surface area contributed by atoms with E-state index in [4.69, 9.17) is 27.9 Å². The number of hydrogen-bond donors (Lipinski definition) is 1. The van der Waals surface area contributed by atoms with Crippen LogP contribution in [0.1, 0.15) is 34.8 Å². The van der Waals surface area contributed by atoms with Crippen LogP contribution in [0.15, 0.2) is 66.7 Å². The lowest BCUT2D eigenvalue weighted by Gasteiger charge is -2.23. The maximum atomic E-state index is 13.4. The molecule has 3 aromatic carbocycles. The van der Waals surface area contributed by atoms with Crippen LogP contribution >= 0.6 is 23.2 Å². The number of fused-ring (bicyclic) bond motifs is 1. The molecule has 1 aliphatic heterocycles. The number of carbonyl (C=O) groups excluding carboxylic acids is 2. The molecule has 0 bridgehead atoms. The van der Waals surface area contributed by atoms with Gasteiger partial charge in [-0.2, -0.15) is 0 Å². The molecule has 164 valence electrons. The Labute approximate surface area is 196 Å². The molecule has 0 saturated heterocycles. The zero-order valence-electron chi connectivity index (χ0n) is 17.3. The molecular formula is C25H21Cl2NO4. The van der Waals surface area contributed by atoms with E-state index in [0.29, 0.717) is 39.2 Å². The predicted octanol–water partition coefficient (Wildman–Crippen LogP) is 5.40. The third-order valence-electron chi connectivity index (χ3n) is 5.48. The first-order valence-electron chi connectivity index (χ1n) is 10.2. The van der Waals surface area contributed by atoms with Crippen LogP contribution < -0.4 is 9.64 Å². The molecule has 1 aliphatic rings. The van der Waals surface area contributed by atoms with Crippen molar-refractivity contribution < 1.29 is 19.4 Å². The van der Waals surface area contributed by atoms with Gasteiger partial charge in [-0.1, -0.05) is 41.4 Å². The molecule has 5 nitrogen and oxygen atoms in total. The highest BCUT2D eigenvalue weighted by atomic mass is 35.5. The fourth-order valence-electron chi connectivity index (χ4n) is 3.89. The summed E-state index contributed by atoms with van der Waals surface area (Å²) in [4.78, 5) is 27.9. The van der Waals surface area contributed by atoms with Crippen LogP contribution in [0.3, 0.4) is 0 Å². The SMILES string of the molecule is CCOc1ccc(C(=O)C[C@]2(O)C(=O)N(Cc3ccccc3Cl)c3ccc(Cl)cc32)cc1. The number of ketones is 1. The van der Waals surface area contributed by atoms with Gasteiger partial charge in [-0.05, 0) is 61.0 Å². The molecular weight excluding hydrogens is 449 g/mol. The van der Waals surface area contributed by atoms with Crippen LogP contribution in [0.4, 0.5) is 5.69 Å². The normalized spacial score (nSPS) is 17.4. The number of carbonyl (C=O) groups is 2. The molecule has 0 saturated carbocycles. The fraction of sp³-hybridized carbons (Fsp3) is 0.200. The first-order chi connectivity index (χ1) is 15.3. The second kappa shape index (κ2) is 8.94. The summed E-state index contributed by atoms with van der Waals surface area (Å²) in [5.74, 6) is -0.314. The Morgan fingerprint density at radius 3 is 2.47 bits per heavy atom. The van der Waals surface area contributed by atoms with Crippen molar-refractivity contribution in [3.63, 3.8) is 0 Å². The molecule has 0 fully saturated rings. The molecule has 3 aromatic rings. The molecule has 0 radical (unpaired) electrons. The Morgan fingerprint density at radius 1 is 1.06 bits per heavy atom. The first-order valence-corrected chi connectivity index (χ1v) is 10.9. The van der Waals surface area contributed by atoms with E-state index >= 15 is 0 Å². The Balaban J connectivity index is 1.67.